The largest absolute Gasteiger partial charge is 0.480 e. The van der Waals surface area contributed by atoms with Gasteiger partial charge in [-0.1, -0.05) is 36.8 Å². The molecular formula is C20H23NO4. The van der Waals surface area contributed by atoms with Crippen molar-refractivity contribution < 1.29 is 19.1 Å². The Morgan fingerprint density at radius 2 is 1.84 bits per heavy atom. The molecule has 1 N–H and O–H groups in total. The van der Waals surface area contributed by atoms with Gasteiger partial charge in [0.15, 0.2) is 6.10 Å². The Bertz CT molecular complexity index is 770. The minimum atomic E-state index is -0.660. The highest BCUT2D eigenvalue weighted by atomic mass is 16.5. The van der Waals surface area contributed by atoms with Gasteiger partial charge in [-0.3, -0.25) is 4.79 Å². The summed E-state index contributed by atoms with van der Waals surface area (Å²) in [6, 6.07) is 12.5. The Labute approximate surface area is 148 Å². The molecule has 0 heterocycles. The number of hydrogen-bond donors (Lipinski definition) is 1. The molecule has 0 aliphatic carbocycles. The number of carbonyl (C=O) groups excluding carboxylic acids is 2. The molecule has 2 aromatic rings. The fourth-order valence-electron chi connectivity index (χ4n) is 2.50. The first-order chi connectivity index (χ1) is 12.0. The van der Waals surface area contributed by atoms with E-state index in [2.05, 4.69) is 5.32 Å². The second-order valence-electron chi connectivity index (χ2n) is 5.81. The quantitative estimate of drug-likeness (QED) is 0.810. The molecular weight excluding hydrogens is 318 g/mol. The maximum Gasteiger partial charge on any atom is 0.339 e. The maximum absolute atomic E-state index is 12.6. The Morgan fingerprint density at radius 3 is 2.48 bits per heavy atom. The van der Waals surface area contributed by atoms with Crippen LogP contribution in [0.3, 0.4) is 0 Å². The third-order valence-corrected chi connectivity index (χ3v) is 3.85. The number of anilines is 1. The van der Waals surface area contributed by atoms with Crippen LogP contribution in [0.2, 0.25) is 0 Å². The maximum atomic E-state index is 12.6. The normalized spacial score (nSPS) is 11.5. The highest BCUT2D eigenvalue weighted by molar-refractivity contribution is 6.02. The molecule has 0 spiro atoms. The van der Waals surface area contributed by atoms with Crippen LogP contribution in [0.15, 0.2) is 42.5 Å². The van der Waals surface area contributed by atoms with Crippen LogP contribution in [0.4, 0.5) is 5.69 Å². The van der Waals surface area contributed by atoms with E-state index >= 15 is 0 Å². The van der Waals surface area contributed by atoms with Crippen molar-refractivity contribution in [1.29, 1.82) is 0 Å². The summed E-state index contributed by atoms with van der Waals surface area (Å²) in [5.41, 5.74) is 2.82. The first-order valence-electron chi connectivity index (χ1n) is 8.18. The second-order valence-corrected chi connectivity index (χ2v) is 5.81. The standard InChI is InChI=1S/C20H23NO4/c1-5-17(25-18-11-10-13(2)12-14(18)3)19(22)21-16-9-7-6-8-15(16)20(23)24-4/h6-12,17H,5H2,1-4H3,(H,21,22)/t17-/m1/s1. The molecule has 132 valence electrons. The van der Waals surface area contributed by atoms with Gasteiger partial charge in [-0.05, 0) is 44.0 Å². The zero-order valence-electron chi connectivity index (χ0n) is 15.0. The number of nitrogens with one attached hydrogen (secondary N) is 1. The highest BCUT2D eigenvalue weighted by Gasteiger charge is 2.21. The molecule has 0 aromatic heterocycles. The number of rotatable bonds is 6. The van der Waals surface area contributed by atoms with E-state index in [1.165, 1.54) is 7.11 Å². The number of para-hydroxylation sites is 1. The summed E-state index contributed by atoms with van der Waals surface area (Å²) in [5, 5.41) is 2.76. The molecule has 5 nitrogen and oxygen atoms in total. The lowest BCUT2D eigenvalue weighted by Gasteiger charge is -2.19. The molecule has 0 bridgehead atoms. The third-order valence-electron chi connectivity index (χ3n) is 3.85. The average Bonchev–Trinajstić information content (AvgIpc) is 2.60. The molecule has 2 rings (SSSR count). The van der Waals surface area contributed by atoms with Gasteiger partial charge in [0.05, 0.1) is 18.4 Å². The summed E-state index contributed by atoms with van der Waals surface area (Å²) in [4.78, 5) is 24.4. The number of esters is 1. The molecule has 5 heteroatoms. The highest BCUT2D eigenvalue weighted by Crippen LogP contribution is 2.22. The van der Waals surface area contributed by atoms with E-state index in [1.54, 1.807) is 24.3 Å². The zero-order chi connectivity index (χ0) is 18.4. The molecule has 25 heavy (non-hydrogen) atoms. The lowest BCUT2D eigenvalue weighted by Crippen LogP contribution is -2.33. The van der Waals surface area contributed by atoms with Crippen molar-refractivity contribution in [3.8, 4) is 5.75 Å². The van der Waals surface area contributed by atoms with E-state index in [0.717, 1.165) is 11.1 Å². The number of ether oxygens (including phenoxy) is 2. The number of hydrogen-bond acceptors (Lipinski definition) is 4. The van der Waals surface area contributed by atoms with Crippen molar-refractivity contribution in [1.82, 2.24) is 0 Å². The number of aryl methyl sites for hydroxylation is 2. The molecule has 0 radical (unpaired) electrons. The fraction of sp³-hybridized carbons (Fsp3) is 0.300. The summed E-state index contributed by atoms with van der Waals surface area (Å²) < 4.78 is 10.6. The lowest BCUT2D eigenvalue weighted by atomic mass is 10.1. The van der Waals surface area contributed by atoms with E-state index in [0.29, 0.717) is 23.4 Å². The van der Waals surface area contributed by atoms with Crippen molar-refractivity contribution in [2.75, 3.05) is 12.4 Å². The first-order valence-corrected chi connectivity index (χ1v) is 8.18. The van der Waals surface area contributed by atoms with E-state index in [1.807, 2.05) is 39.0 Å². The van der Waals surface area contributed by atoms with Crippen LogP contribution in [0, 0.1) is 13.8 Å². The van der Waals surface area contributed by atoms with Crippen LogP contribution < -0.4 is 10.1 Å². The molecule has 0 unspecified atom stereocenters. The van der Waals surface area contributed by atoms with Gasteiger partial charge in [0.1, 0.15) is 5.75 Å². The Balaban J connectivity index is 2.17. The van der Waals surface area contributed by atoms with E-state index in [9.17, 15) is 9.59 Å². The van der Waals surface area contributed by atoms with Gasteiger partial charge in [-0.25, -0.2) is 4.79 Å². The molecule has 0 saturated heterocycles. The molecule has 0 aliphatic rings. The van der Waals surface area contributed by atoms with Crippen molar-refractivity contribution in [2.45, 2.75) is 33.3 Å². The van der Waals surface area contributed by atoms with Gasteiger partial charge in [-0.2, -0.15) is 0 Å². The van der Waals surface area contributed by atoms with E-state index < -0.39 is 12.1 Å². The summed E-state index contributed by atoms with van der Waals surface area (Å²) in [7, 11) is 1.30. The van der Waals surface area contributed by atoms with Crippen molar-refractivity contribution in [2.24, 2.45) is 0 Å². The van der Waals surface area contributed by atoms with Gasteiger partial charge in [-0.15, -0.1) is 0 Å². The fourth-order valence-corrected chi connectivity index (χ4v) is 2.50. The minimum absolute atomic E-state index is 0.305. The lowest BCUT2D eigenvalue weighted by molar-refractivity contribution is -0.122. The molecule has 2 aromatic carbocycles. The van der Waals surface area contributed by atoms with Crippen LogP contribution >= 0.6 is 0 Å². The molecule has 0 fully saturated rings. The predicted molar refractivity (Wildman–Crippen MR) is 97.0 cm³/mol. The Hall–Kier alpha value is -2.82. The van der Waals surface area contributed by atoms with Gasteiger partial charge in [0.2, 0.25) is 0 Å². The smallest absolute Gasteiger partial charge is 0.339 e. The summed E-state index contributed by atoms with van der Waals surface area (Å²) >= 11 is 0. The van der Waals surface area contributed by atoms with Gasteiger partial charge in [0, 0.05) is 0 Å². The van der Waals surface area contributed by atoms with Crippen LogP contribution in [0.25, 0.3) is 0 Å². The number of benzene rings is 2. The van der Waals surface area contributed by atoms with Crippen LogP contribution in [-0.4, -0.2) is 25.1 Å². The van der Waals surface area contributed by atoms with E-state index in [4.69, 9.17) is 9.47 Å². The molecule has 1 amide bonds. The minimum Gasteiger partial charge on any atom is -0.480 e. The van der Waals surface area contributed by atoms with Gasteiger partial charge < -0.3 is 14.8 Å². The average molecular weight is 341 g/mol. The SMILES string of the molecule is CC[C@@H](Oc1ccc(C)cc1C)C(=O)Nc1ccccc1C(=O)OC. The molecule has 0 aliphatic heterocycles. The van der Waals surface area contributed by atoms with Gasteiger partial charge >= 0.3 is 5.97 Å². The summed E-state index contributed by atoms with van der Waals surface area (Å²) in [5.74, 6) is -0.132. The predicted octanol–water partition coefficient (Wildman–Crippen LogP) is 3.89. The Kier molecular flexibility index (Phi) is 6.17. The summed E-state index contributed by atoms with van der Waals surface area (Å²) in [6.07, 6.45) is -0.161. The van der Waals surface area contributed by atoms with Crippen LogP contribution in [0.5, 0.6) is 5.75 Å². The monoisotopic (exact) mass is 341 g/mol. The first kappa shape index (κ1) is 18.5. The zero-order valence-corrected chi connectivity index (χ0v) is 15.0. The number of amides is 1. The van der Waals surface area contributed by atoms with Gasteiger partial charge in [0.25, 0.3) is 5.91 Å². The Morgan fingerprint density at radius 1 is 1.12 bits per heavy atom. The topological polar surface area (TPSA) is 64.6 Å². The summed E-state index contributed by atoms with van der Waals surface area (Å²) in [6.45, 7) is 5.82. The van der Waals surface area contributed by atoms with Crippen molar-refractivity contribution in [3.05, 3.63) is 59.2 Å². The third kappa shape index (κ3) is 4.59. The second kappa shape index (κ2) is 8.33. The van der Waals surface area contributed by atoms with E-state index in [-0.39, 0.29) is 5.91 Å². The molecule has 1 atom stereocenters. The van der Waals surface area contributed by atoms with Crippen LogP contribution in [-0.2, 0) is 9.53 Å². The molecule has 0 saturated carbocycles. The van der Waals surface area contributed by atoms with Crippen molar-refractivity contribution >= 4 is 17.6 Å². The number of methoxy groups -OCH3 is 1. The van der Waals surface area contributed by atoms with Crippen molar-refractivity contribution in [3.63, 3.8) is 0 Å². The van der Waals surface area contributed by atoms with Crippen LogP contribution in [0.1, 0.15) is 34.8 Å². The number of carbonyl (C=O) groups is 2.